The molecular weight excluding hydrogens is 148 g/mol. The summed E-state index contributed by atoms with van der Waals surface area (Å²) >= 11 is 0. The molecule has 6 nitrogen and oxygen atoms in total. The standard InChI is InChI=1S/C5H10N4O2/c1-6-5(10)3-4(9-11)8-2-7-3/h2,5-6,9-11H,1H3,(H,7,8). The predicted octanol–water partition coefficient (Wildman–Crippen LogP) is -0.579. The Morgan fingerprint density at radius 1 is 1.73 bits per heavy atom. The third-order valence-corrected chi connectivity index (χ3v) is 1.32. The zero-order valence-corrected chi connectivity index (χ0v) is 6.00. The van der Waals surface area contributed by atoms with Gasteiger partial charge in [-0.05, 0) is 7.05 Å². The highest BCUT2D eigenvalue weighted by Crippen LogP contribution is 2.14. The van der Waals surface area contributed by atoms with Crippen LogP contribution in [0.3, 0.4) is 0 Å². The van der Waals surface area contributed by atoms with Gasteiger partial charge in [-0.2, -0.15) is 0 Å². The lowest BCUT2D eigenvalue weighted by Crippen LogP contribution is -2.16. The van der Waals surface area contributed by atoms with Crippen LogP contribution in [0, 0.1) is 0 Å². The highest BCUT2D eigenvalue weighted by atomic mass is 16.5. The highest BCUT2D eigenvalue weighted by molar-refractivity contribution is 5.38. The number of aromatic nitrogens is 2. The fraction of sp³-hybridized carbons (Fsp3) is 0.400. The number of hydrogen-bond donors (Lipinski definition) is 5. The van der Waals surface area contributed by atoms with E-state index < -0.39 is 6.23 Å². The topological polar surface area (TPSA) is 93.2 Å². The van der Waals surface area contributed by atoms with Crippen molar-refractivity contribution in [3.05, 3.63) is 12.0 Å². The van der Waals surface area contributed by atoms with E-state index in [4.69, 9.17) is 5.21 Å². The van der Waals surface area contributed by atoms with Gasteiger partial charge in [0.1, 0.15) is 11.9 Å². The van der Waals surface area contributed by atoms with Crippen molar-refractivity contribution in [1.82, 2.24) is 15.3 Å². The Morgan fingerprint density at radius 3 is 3.00 bits per heavy atom. The van der Waals surface area contributed by atoms with E-state index in [0.717, 1.165) is 0 Å². The van der Waals surface area contributed by atoms with E-state index >= 15 is 0 Å². The van der Waals surface area contributed by atoms with E-state index in [2.05, 4.69) is 15.3 Å². The second-order valence-corrected chi connectivity index (χ2v) is 1.97. The fourth-order valence-electron chi connectivity index (χ4n) is 0.746. The monoisotopic (exact) mass is 158 g/mol. The molecule has 0 saturated heterocycles. The summed E-state index contributed by atoms with van der Waals surface area (Å²) in [4.78, 5) is 6.35. The molecule has 0 aliphatic heterocycles. The van der Waals surface area contributed by atoms with Gasteiger partial charge in [-0.15, -0.1) is 0 Å². The number of rotatable bonds is 3. The lowest BCUT2D eigenvalue weighted by molar-refractivity contribution is 0.145. The maximum Gasteiger partial charge on any atom is 0.174 e. The molecule has 0 saturated carbocycles. The quantitative estimate of drug-likeness (QED) is 0.300. The molecule has 0 aliphatic rings. The molecule has 0 spiro atoms. The zero-order chi connectivity index (χ0) is 8.27. The van der Waals surface area contributed by atoms with Gasteiger partial charge in [-0.25, -0.2) is 4.98 Å². The van der Waals surface area contributed by atoms with Crippen LogP contribution in [0.2, 0.25) is 0 Å². The number of imidazole rings is 1. The predicted molar refractivity (Wildman–Crippen MR) is 38.0 cm³/mol. The highest BCUT2D eigenvalue weighted by Gasteiger charge is 2.11. The number of anilines is 1. The molecule has 5 N–H and O–H groups in total. The summed E-state index contributed by atoms with van der Waals surface area (Å²) in [7, 11) is 1.59. The minimum Gasteiger partial charge on any atom is -0.373 e. The number of nitrogens with zero attached hydrogens (tertiary/aromatic N) is 1. The smallest absolute Gasteiger partial charge is 0.174 e. The van der Waals surface area contributed by atoms with E-state index in [-0.39, 0.29) is 5.82 Å². The Labute approximate surface area is 63.2 Å². The van der Waals surface area contributed by atoms with Gasteiger partial charge in [0.15, 0.2) is 5.82 Å². The van der Waals surface area contributed by atoms with E-state index in [1.165, 1.54) is 6.33 Å². The summed E-state index contributed by atoms with van der Waals surface area (Å²) < 4.78 is 0. The third kappa shape index (κ3) is 1.48. The fourth-order valence-corrected chi connectivity index (χ4v) is 0.746. The van der Waals surface area contributed by atoms with Crippen molar-refractivity contribution in [1.29, 1.82) is 0 Å². The molecule has 1 aromatic rings. The average molecular weight is 158 g/mol. The van der Waals surface area contributed by atoms with E-state index in [1.807, 2.05) is 5.48 Å². The third-order valence-electron chi connectivity index (χ3n) is 1.32. The molecule has 1 heterocycles. The van der Waals surface area contributed by atoms with Gasteiger partial charge in [0.25, 0.3) is 0 Å². The van der Waals surface area contributed by atoms with Crippen LogP contribution in [-0.4, -0.2) is 27.3 Å². The minimum atomic E-state index is -0.854. The molecule has 62 valence electrons. The lowest BCUT2D eigenvalue weighted by Gasteiger charge is -2.07. The SMILES string of the molecule is CNC(O)c1[nH]cnc1NO. The number of aromatic amines is 1. The molecule has 0 radical (unpaired) electrons. The van der Waals surface area contributed by atoms with Gasteiger partial charge in [0.05, 0.1) is 6.33 Å². The van der Waals surface area contributed by atoms with Crippen LogP contribution in [0.25, 0.3) is 0 Å². The summed E-state index contributed by atoms with van der Waals surface area (Å²) in [6.45, 7) is 0. The molecular formula is C5H10N4O2. The Balaban J connectivity index is 2.83. The van der Waals surface area contributed by atoms with Crippen molar-refractivity contribution < 1.29 is 10.3 Å². The molecule has 1 atom stereocenters. The van der Waals surface area contributed by atoms with Crippen LogP contribution >= 0.6 is 0 Å². The van der Waals surface area contributed by atoms with Crippen LogP contribution in [0.1, 0.15) is 11.9 Å². The minimum absolute atomic E-state index is 0.215. The van der Waals surface area contributed by atoms with E-state index in [1.54, 1.807) is 7.05 Å². The van der Waals surface area contributed by atoms with Crippen LogP contribution in [0.5, 0.6) is 0 Å². The first kappa shape index (κ1) is 7.99. The van der Waals surface area contributed by atoms with Crippen molar-refractivity contribution in [2.24, 2.45) is 0 Å². The molecule has 0 bridgehead atoms. The first-order valence-corrected chi connectivity index (χ1v) is 3.08. The van der Waals surface area contributed by atoms with Crippen LogP contribution in [0.4, 0.5) is 5.82 Å². The Bertz CT molecular complexity index is 224. The van der Waals surface area contributed by atoms with Gasteiger partial charge in [-0.3, -0.25) is 16.0 Å². The molecule has 0 amide bonds. The average Bonchev–Trinajstić information content (AvgIpc) is 2.50. The second-order valence-electron chi connectivity index (χ2n) is 1.97. The number of nitrogens with one attached hydrogen (secondary N) is 3. The first-order chi connectivity index (χ1) is 5.29. The lowest BCUT2D eigenvalue weighted by atomic mass is 10.4. The van der Waals surface area contributed by atoms with Crippen LogP contribution in [-0.2, 0) is 0 Å². The summed E-state index contributed by atoms with van der Waals surface area (Å²) in [6, 6.07) is 0. The molecule has 1 aromatic heterocycles. The van der Waals surface area contributed by atoms with Gasteiger partial charge >= 0.3 is 0 Å². The molecule has 6 heteroatoms. The Hall–Kier alpha value is -1.11. The molecule has 0 fully saturated rings. The van der Waals surface area contributed by atoms with Crippen molar-refractivity contribution in [3.8, 4) is 0 Å². The number of aliphatic hydroxyl groups excluding tert-OH is 1. The van der Waals surface area contributed by atoms with Gasteiger partial charge in [-0.1, -0.05) is 0 Å². The zero-order valence-electron chi connectivity index (χ0n) is 6.00. The van der Waals surface area contributed by atoms with Crippen molar-refractivity contribution in [3.63, 3.8) is 0 Å². The van der Waals surface area contributed by atoms with E-state index in [0.29, 0.717) is 5.69 Å². The Morgan fingerprint density at radius 2 is 2.45 bits per heavy atom. The summed E-state index contributed by atoms with van der Waals surface area (Å²) in [5.41, 5.74) is 2.25. The molecule has 11 heavy (non-hydrogen) atoms. The van der Waals surface area contributed by atoms with Crippen LogP contribution < -0.4 is 10.8 Å². The van der Waals surface area contributed by atoms with Crippen molar-refractivity contribution >= 4 is 5.82 Å². The van der Waals surface area contributed by atoms with Crippen molar-refractivity contribution in [2.75, 3.05) is 12.5 Å². The van der Waals surface area contributed by atoms with Crippen LogP contribution in [0.15, 0.2) is 6.33 Å². The maximum absolute atomic E-state index is 9.20. The van der Waals surface area contributed by atoms with E-state index in [9.17, 15) is 5.11 Å². The largest absolute Gasteiger partial charge is 0.373 e. The molecule has 0 aliphatic carbocycles. The van der Waals surface area contributed by atoms with Gasteiger partial charge < -0.3 is 10.1 Å². The number of hydrogen-bond acceptors (Lipinski definition) is 5. The van der Waals surface area contributed by atoms with Gasteiger partial charge in [0, 0.05) is 0 Å². The summed E-state index contributed by atoms with van der Waals surface area (Å²) in [5.74, 6) is 0.215. The molecule has 1 rings (SSSR count). The second kappa shape index (κ2) is 3.33. The summed E-state index contributed by atoms with van der Waals surface area (Å²) in [5, 5.41) is 20.3. The molecule has 0 aromatic carbocycles. The summed E-state index contributed by atoms with van der Waals surface area (Å²) in [6.07, 6.45) is 0.515. The number of aliphatic hydroxyl groups is 1. The normalized spacial score (nSPS) is 13.0. The molecule has 1 unspecified atom stereocenters. The first-order valence-electron chi connectivity index (χ1n) is 3.08. The maximum atomic E-state index is 9.20. The van der Waals surface area contributed by atoms with Gasteiger partial charge in [0.2, 0.25) is 0 Å². The number of H-pyrrole nitrogens is 1. The van der Waals surface area contributed by atoms with Crippen molar-refractivity contribution in [2.45, 2.75) is 6.23 Å². The Kier molecular flexibility index (Phi) is 2.42.